The first-order chi connectivity index (χ1) is 8.70. The maximum atomic E-state index is 6.05. The van der Waals surface area contributed by atoms with Crippen molar-refractivity contribution in [2.45, 2.75) is 45.8 Å². The van der Waals surface area contributed by atoms with Crippen LogP contribution in [0.15, 0.2) is 18.3 Å². The van der Waals surface area contributed by atoms with Crippen LogP contribution in [0.2, 0.25) is 0 Å². The van der Waals surface area contributed by atoms with Gasteiger partial charge in [0.2, 0.25) is 0 Å². The highest BCUT2D eigenvalue weighted by Gasteiger charge is 2.25. The average molecular weight is 248 g/mol. The van der Waals surface area contributed by atoms with Gasteiger partial charge in [-0.25, -0.2) is 4.98 Å². The molecule has 18 heavy (non-hydrogen) atoms. The summed E-state index contributed by atoms with van der Waals surface area (Å²) in [6.45, 7) is 5.35. The van der Waals surface area contributed by atoms with Gasteiger partial charge in [0.25, 0.3) is 0 Å². The highest BCUT2D eigenvalue weighted by atomic mass is 16.5. The lowest BCUT2D eigenvalue weighted by Crippen LogP contribution is -2.26. The summed E-state index contributed by atoms with van der Waals surface area (Å²) in [5, 5.41) is 3.11. The van der Waals surface area contributed by atoms with Gasteiger partial charge in [0.05, 0.1) is 12.7 Å². The van der Waals surface area contributed by atoms with Gasteiger partial charge in [-0.3, -0.25) is 0 Å². The summed E-state index contributed by atoms with van der Waals surface area (Å²) >= 11 is 0. The van der Waals surface area contributed by atoms with Crippen molar-refractivity contribution >= 4 is 5.82 Å². The van der Waals surface area contributed by atoms with Crippen LogP contribution in [-0.4, -0.2) is 18.1 Å². The van der Waals surface area contributed by atoms with Crippen molar-refractivity contribution in [3.8, 4) is 0 Å². The number of nitrogens with one attached hydrogen (secondary N) is 1. The van der Waals surface area contributed by atoms with Crippen LogP contribution in [-0.2, 0) is 11.3 Å². The van der Waals surface area contributed by atoms with Gasteiger partial charge in [-0.1, -0.05) is 19.9 Å². The quantitative estimate of drug-likeness (QED) is 0.886. The molecule has 3 heteroatoms. The lowest BCUT2D eigenvalue weighted by molar-refractivity contribution is -0.00731. The smallest absolute Gasteiger partial charge is 0.131 e. The molecule has 0 bridgehead atoms. The van der Waals surface area contributed by atoms with E-state index in [1.807, 2.05) is 13.1 Å². The first kappa shape index (κ1) is 13.3. The molecule has 1 aromatic heterocycles. The lowest BCUT2D eigenvalue weighted by Gasteiger charge is -2.32. The predicted molar refractivity (Wildman–Crippen MR) is 74.5 cm³/mol. The number of nitrogens with zero attached hydrogens (tertiary/aromatic N) is 1. The van der Waals surface area contributed by atoms with Gasteiger partial charge in [0.1, 0.15) is 5.82 Å². The SMILES string of the molecule is CNc1ncccc1COC1CCC(C)C(C)C1. The number of ether oxygens (including phenoxy) is 1. The van der Waals surface area contributed by atoms with Crippen LogP contribution in [0.1, 0.15) is 38.7 Å². The van der Waals surface area contributed by atoms with E-state index in [9.17, 15) is 0 Å². The highest BCUT2D eigenvalue weighted by molar-refractivity contribution is 5.42. The van der Waals surface area contributed by atoms with E-state index >= 15 is 0 Å². The maximum absolute atomic E-state index is 6.05. The molecule has 3 atom stereocenters. The van der Waals surface area contributed by atoms with Crippen LogP contribution in [0.3, 0.4) is 0 Å². The number of hydrogen-bond acceptors (Lipinski definition) is 3. The Kier molecular flexibility index (Phi) is 4.59. The molecular weight excluding hydrogens is 224 g/mol. The summed E-state index contributed by atoms with van der Waals surface area (Å²) in [7, 11) is 1.90. The van der Waals surface area contributed by atoms with Crippen molar-refractivity contribution < 1.29 is 4.74 Å². The van der Waals surface area contributed by atoms with E-state index in [2.05, 4.69) is 30.2 Å². The third-order valence-corrected chi connectivity index (χ3v) is 4.15. The lowest BCUT2D eigenvalue weighted by atomic mass is 9.80. The molecule has 0 aliphatic heterocycles. The highest BCUT2D eigenvalue weighted by Crippen LogP contribution is 2.31. The molecule has 0 aromatic carbocycles. The summed E-state index contributed by atoms with van der Waals surface area (Å²) in [4.78, 5) is 4.30. The summed E-state index contributed by atoms with van der Waals surface area (Å²) in [6.07, 6.45) is 5.90. The van der Waals surface area contributed by atoms with Crippen molar-refractivity contribution in [2.24, 2.45) is 11.8 Å². The minimum absolute atomic E-state index is 0.418. The van der Waals surface area contributed by atoms with E-state index in [0.29, 0.717) is 12.7 Å². The fourth-order valence-electron chi connectivity index (χ4n) is 2.64. The van der Waals surface area contributed by atoms with Gasteiger partial charge in [-0.2, -0.15) is 0 Å². The van der Waals surface area contributed by atoms with Crippen LogP contribution in [0.5, 0.6) is 0 Å². The number of anilines is 1. The number of rotatable bonds is 4. The minimum atomic E-state index is 0.418. The predicted octanol–water partition coefficient (Wildman–Crippen LogP) is 3.46. The van der Waals surface area contributed by atoms with Gasteiger partial charge < -0.3 is 10.1 Å². The molecule has 1 aliphatic carbocycles. The monoisotopic (exact) mass is 248 g/mol. The van der Waals surface area contributed by atoms with E-state index in [4.69, 9.17) is 4.74 Å². The van der Waals surface area contributed by atoms with Gasteiger partial charge in [0, 0.05) is 18.8 Å². The van der Waals surface area contributed by atoms with E-state index in [1.54, 1.807) is 6.20 Å². The molecule has 0 amide bonds. The summed E-state index contributed by atoms with van der Waals surface area (Å²) in [5.41, 5.74) is 1.14. The zero-order chi connectivity index (χ0) is 13.0. The molecule has 0 saturated heterocycles. The molecule has 0 radical (unpaired) electrons. The zero-order valence-electron chi connectivity index (χ0n) is 11.6. The average Bonchev–Trinajstić information content (AvgIpc) is 2.40. The van der Waals surface area contributed by atoms with Crippen LogP contribution >= 0.6 is 0 Å². The number of aromatic nitrogens is 1. The topological polar surface area (TPSA) is 34.2 Å². The Morgan fingerprint density at radius 3 is 2.89 bits per heavy atom. The third-order valence-electron chi connectivity index (χ3n) is 4.15. The number of pyridine rings is 1. The molecule has 3 nitrogen and oxygen atoms in total. The Morgan fingerprint density at radius 1 is 1.33 bits per heavy atom. The second kappa shape index (κ2) is 6.19. The summed E-state index contributed by atoms with van der Waals surface area (Å²) < 4.78 is 6.05. The molecule has 1 aromatic rings. The van der Waals surface area contributed by atoms with Crippen molar-refractivity contribution in [3.05, 3.63) is 23.9 Å². The molecule has 1 N–H and O–H groups in total. The van der Waals surface area contributed by atoms with Crippen molar-refractivity contribution in [2.75, 3.05) is 12.4 Å². The van der Waals surface area contributed by atoms with Gasteiger partial charge in [-0.05, 0) is 37.2 Å². The molecule has 1 heterocycles. The molecular formula is C15H24N2O. The van der Waals surface area contributed by atoms with Crippen LogP contribution in [0, 0.1) is 11.8 Å². The van der Waals surface area contributed by atoms with Crippen molar-refractivity contribution in [3.63, 3.8) is 0 Å². The standard InChI is InChI=1S/C15H24N2O/c1-11-6-7-14(9-12(11)2)18-10-13-5-4-8-17-15(13)16-3/h4-5,8,11-12,14H,6-7,9-10H2,1-3H3,(H,16,17). The van der Waals surface area contributed by atoms with Crippen LogP contribution in [0.25, 0.3) is 0 Å². The fourth-order valence-corrected chi connectivity index (χ4v) is 2.64. The Hall–Kier alpha value is -1.09. The van der Waals surface area contributed by atoms with Crippen molar-refractivity contribution in [1.29, 1.82) is 0 Å². The molecule has 1 saturated carbocycles. The van der Waals surface area contributed by atoms with Crippen molar-refractivity contribution in [1.82, 2.24) is 4.98 Å². The first-order valence-corrected chi connectivity index (χ1v) is 6.94. The van der Waals surface area contributed by atoms with E-state index in [-0.39, 0.29) is 0 Å². The molecule has 1 aliphatic rings. The minimum Gasteiger partial charge on any atom is -0.373 e. The summed E-state index contributed by atoms with van der Waals surface area (Å²) in [6, 6.07) is 4.04. The Morgan fingerprint density at radius 2 is 2.17 bits per heavy atom. The maximum Gasteiger partial charge on any atom is 0.131 e. The summed E-state index contributed by atoms with van der Waals surface area (Å²) in [5.74, 6) is 2.55. The number of hydrogen-bond donors (Lipinski definition) is 1. The molecule has 3 unspecified atom stereocenters. The second-order valence-corrected chi connectivity index (χ2v) is 5.46. The first-order valence-electron chi connectivity index (χ1n) is 6.94. The second-order valence-electron chi connectivity index (χ2n) is 5.46. The normalized spacial score (nSPS) is 28.1. The zero-order valence-corrected chi connectivity index (χ0v) is 11.6. The van der Waals surface area contributed by atoms with Crippen LogP contribution in [0.4, 0.5) is 5.82 Å². The third kappa shape index (κ3) is 3.22. The van der Waals surface area contributed by atoms with Gasteiger partial charge in [0.15, 0.2) is 0 Å². The molecule has 0 spiro atoms. The van der Waals surface area contributed by atoms with Gasteiger partial charge in [-0.15, -0.1) is 0 Å². The fraction of sp³-hybridized carbons (Fsp3) is 0.667. The van der Waals surface area contributed by atoms with Gasteiger partial charge >= 0.3 is 0 Å². The van der Waals surface area contributed by atoms with Crippen LogP contribution < -0.4 is 5.32 Å². The molecule has 1 fully saturated rings. The largest absolute Gasteiger partial charge is 0.373 e. The Bertz CT molecular complexity index is 381. The Balaban J connectivity index is 1.88. The van der Waals surface area contributed by atoms with E-state index < -0.39 is 0 Å². The van der Waals surface area contributed by atoms with E-state index in [1.165, 1.54) is 19.3 Å². The molecule has 100 valence electrons. The molecule has 2 rings (SSSR count). The Labute approximate surface area is 110 Å². The van der Waals surface area contributed by atoms with E-state index in [0.717, 1.165) is 23.2 Å².